The Kier molecular flexibility index (Phi) is 9.75. The lowest BCUT2D eigenvalue weighted by Crippen LogP contribution is -2.48. The molecule has 0 amide bonds. The van der Waals surface area contributed by atoms with Gasteiger partial charge in [0.1, 0.15) is 11.9 Å². The van der Waals surface area contributed by atoms with Crippen LogP contribution in [0.15, 0.2) is 23.1 Å². The van der Waals surface area contributed by atoms with Gasteiger partial charge in [-0.3, -0.25) is 9.59 Å². The van der Waals surface area contributed by atoms with E-state index < -0.39 is 53.7 Å². The quantitative estimate of drug-likeness (QED) is 0.322. The number of esters is 1. The molecule has 3 rings (SSSR count). The Morgan fingerprint density at radius 2 is 2.03 bits per heavy atom. The molecule has 2 fully saturated rings. The van der Waals surface area contributed by atoms with Gasteiger partial charge >= 0.3 is 5.97 Å². The van der Waals surface area contributed by atoms with Crippen LogP contribution in [0.4, 0.5) is 0 Å². The smallest absolute Gasteiger partial charge is 0.309 e. The summed E-state index contributed by atoms with van der Waals surface area (Å²) >= 11 is 8.10. The summed E-state index contributed by atoms with van der Waals surface area (Å²) in [6, 6.07) is 0. The molecular weight excluding hydrogens is 518 g/mol. The zero-order valence-corrected chi connectivity index (χ0v) is 23.7. The van der Waals surface area contributed by atoms with Crippen molar-refractivity contribution in [2.45, 2.75) is 96.4 Å². The van der Waals surface area contributed by atoms with E-state index in [0.717, 1.165) is 5.01 Å². The number of cyclic esters (lactones) is 1. The summed E-state index contributed by atoms with van der Waals surface area (Å²) in [7, 11) is 0. The summed E-state index contributed by atoms with van der Waals surface area (Å²) in [5, 5.41) is 24.9. The zero-order chi connectivity index (χ0) is 27.5. The fraction of sp³-hybridized carbons (Fsp3) is 0.667. The minimum atomic E-state index is -1.34. The molecule has 10 heteroatoms. The second kappa shape index (κ2) is 12.1. The van der Waals surface area contributed by atoms with Gasteiger partial charge in [-0.1, -0.05) is 31.5 Å². The van der Waals surface area contributed by atoms with Crippen LogP contribution < -0.4 is 0 Å². The summed E-state index contributed by atoms with van der Waals surface area (Å²) in [6.07, 6.45) is -0.243. The van der Waals surface area contributed by atoms with Gasteiger partial charge in [0.05, 0.1) is 63.5 Å². The second-order valence-corrected chi connectivity index (χ2v) is 12.2. The molecule has 0 saturated carbocycles. The number of aryl methyl sites for hydroxylation is 1. The molecule has 3 heterocycles. The summed E-state index contributed by atoms with van der Waals surface area (Å²) in [6.45, 7) is 12.7. The first-order chi connectivity index (χ1) is 17.3. The van der Waals surface area contributed by atoms with E-state index in [1.165, 1.54) is 11.3 Å². The number of hydrogen-bond acceptors (Lipinski definition) is 9. The van der Waals surface area contributed by atoms with Gasteiger partial charge in [0.2, 0.25) is 0 Å². The van der Waals surface area contributed by atoms with Crippen LogP contribution in [0.1, 0.15) is 64.1 Å². The van der Waals surface area contributed by atoms with Crippen LogP contribution in [0.25, 0.3) is 6.08 Å². The number of allylic oxidation sites excluding steroid dienone is 1. The van der Waals surface area contributed by atoms with Crippen LogP contribution in [-0.4, -0.2) is 69.7 Å². The predicted molar refractivity (Wildman–Crippen MR) is 142 cm³/mol. The number of nitrogens with zero attached hydrogens (tertiary/aromatic N) is 1. The molecule has 206 valence electrons. The van der Waals surface area contributed by atoms with Crippen molar-refractivity contribution in [1.29, 1.82) is 0 Å². The second-order valence-electron chi connectivity index (χ2n) is 10.7. The number of aliphatic hydroxyl groups is 2. The van der Waals surface area contributed by atoms with E-state index in [1.807, 2.05) is 19.2 Å². The van der Waals surface area contributed by atoms with Crippen molar-refractivity contribution in [2.75, 3.05) is 6.61 Å². The van der Waals surface area contributed by atoms with Gasteiger partial charge in [-0.15, -0.1) is 17.9 Å². The van der Waals surface area contributed by atoms with Crippen molar-refractivity contribution >= 4 is 40.8 Å². The van der Waals surface area contributed by atoms with Gasteiger partial charge in [-0.2, -0.15) is 0 Å². The third kappa shape index (κ3) is 7.28. The SMILES string of the molecule is C=CC[C@H]1C(=O)C(C)(C)[C@@H](O)CC(=O)O[C@H](C(Cl)=Cc2csc(C)n2)C[C@@H]2O[C@]2(C)CCO[C@H](C)[C@H]1O. The van der Waals surface area contributed by atoms with E-state index in [9.17, 15) is 19.8 Å². The van der Waals surface area contributed by atoms with Crippen molar-refractivity contribution < 1.29 is 34.0 Å². The molecule has 2 N–H and O–H groups in total. The van der Waals surface area contributed by atoms with Crippen LogP contribution in [0.5, 0.6) is 0 Å². The number of halogens is 1. The lowest BCUT2D eigenvalue weighted by molar-refractivity contribution is -0.155. The molecule has 0 spiro atoms. The van der Waals surface area contributed by atoms with E-state index in [0.29, 0.717) is 30.2 Å². The third-order valence-corrected chi connectivity index (χ3v) is 8.57. The molecular formula is C27H38ClNO7S. The molecule has 7 atom stereocenters. The Bertz CT molecular complexity index is 1020. The van der Waals surface area contributed by atoms with Crippen molar-refractivity contribution in [1.82, 2.24) is 4.98 Å². The number of fused-ring (bicyclic) bond motifs is 1. The molecule has 8 nitrogen and oxygen atoms in total. The Morgan fingerprint density at radius 1 is 1.32 bits per heavy atom. The lowest BCUT2D eigenvalue weighted by atomic mass is 9.72. The molecule has 37 heavy (non-hydrogen) atoms. The van der Waals surface area contributed by atoms with Crippen LogP contribution in [0, 0.1) is 18.3 Å². The first-order valence-corrected chi connectivity index (χ1v) is 13.8. The molecule has 0 radical (unpaired) electrons. The normalized spacial score (nSPS) is 35.9. The summed E-state index contributed by atoms with van der Waals surface area (Å²) in [5.74, 6) is -1.92. The zero-order valence-electron chi connectivity index (χ0n) is 22.1. The number of carbonyl (C=O) groups is 2. The number of rotatable bonds is 4. The lowest BCUT2D eigenvalue weighted by Gasteiger charge is -2.35. The number of carbonyl (C=O) groups excluding carboxylic acids is 2. The van der Waals surface area contributed by atoms with E-state index in [2.05, 4.69) is 11.6 Å². The maximum absolute atomic E-state index is 13.5. The van der Waals surface area contributed by atoms with Gasteiger partial charge < -0.3 is 24.4 Å². The molecule has 0 aromatic carbocycles. The number of aromatic nitrogens is 1. The number of hydrogen-bond donors (Lipinski definition) is 2. The van der Waals surface area contributed by atoms with Crippen molar-refractivity contribution in [3.05, 3.63) is 33.8 Å². The number of epoxide rings is 1. The first-order valence-electron chi connectivity index (χ1n) is 12.6. The number of aliphatic hydroxyl groups excluding tert-OH is 2. The van der Waals surface area contributed by atoms with Crippen LogP contribution in [0.3, 0.4) is 0 Å². The van der Waals surface area contributed by atoms with Crippen LogP contribution in [0.2, 0.25) is 0 Å². The summed E-state index contributed by atoms with van der Waals surface area (Å²) in [4.78, 5) is 30.8. The highest BCUT2D eigenvalue weighted by Gasteiger charge is 2.53. The largest absolute Gasteiger partial charge is 0.456 e. The Hall–Kier alpha value is -1.62. The molecule has 2 aliphatic rings. The number of ether oxygens (including phenoxy) is 3. The average molecular weight is 556 g/mol. The van der Waals surface area contributed by atoms with E-state index >= 15 is 0 Å². The highest BCUT2D eigenvalue weighted by atomic mass is 35.5. The van der Waals surface area contributed by atoms with Gasteiger partial charge in [-0.25, -0.2) is 4.98 Å². The fourth-order valence-electron chi connectivity index (χ4n) is 4.62. The number of ketones is 1. The standard InChI is InChI=1S/C27H38ClNO7S/c1-7-8-18-24(32)15(2)34-10-9-27(6)22(36-27)12-20(19(28)11-17-14-37-16(3)29-17)35-23(31)13-21(30)26(4,5)25(18)33/h7,11,14-15,18,20-22,24,30,32H,1,8-10,12-13H2,2-6H3/t15-,18-,20+,21+,22+,24-,27-/m1/s1. The maximum Gasteiger partial charge on any atom is 0.309 e. The minimum absolute atomic E-state index is 0.204. The fourth-order valence-corrected chi connectivity index (χ4v) is 5.43. The highest BCUT2D eigenvalue weighted by molar-refractivity contribution is 7.09. The molecule has 0 aliphatic carbocycles. The van der Waals surface area contributed by atoms with Gasteiger partial charge in [-0.05, 0) is 33.3 Å². The summed E-state index contributed by atoms with van der Waals surface area (Å²) in [5.41, 5.74) is -1.18. The third-order valence-electron chi connectivity index (χ3n) is 7.43. The maximum atomic E-state index is 13.5. The Morgan fingerprint density at radius 3 is 2.65 bits per heavy atom. The molecule has 0 bridgehead atoms. The van der Waals surface area contributed by atoms with Gasteiger partial charge in [0.15, 0.2) is 0 Å². The Labute approximate surface area is 227 Å². The highest BCUT2D eigenvalue weighted by Crippen LogP contribution is 2.44. The van der Waals surface area contributed by atoms with E-state index in [1.54, 1.807) is 32.9 Å². The van der Waals surface area contributed by atoms with Gasteiger partial charge in [0.25, 0.3) is 0 Å². The average Bonchev–Trinajstić information content (AvgIpc) is 3.27. The molecule has 2 saturated heterocycles. The number of Topliss-reactive ketones (excluding diaryl/α,β-unsaturated/α-hetero) is 1. The summed E-state index contributed by atoms with van der Waals surface area (Å²) < 4.78 is 17.6. The van der Waals surface area contributed by atoms with Crippen molar-refractivity contribution in [3.8, 4) is 0 Å². The number of thiazole rings is 1. The molecule has 0 unspecified atom stereocenters. The monoisotopic (exact) mass is 555 g/mol. The molecule has 1 aromatic heterocycles. The Balaban J connectivity index is 1.88. The first kappa shape index (κ1) is 29.9. The molecule has 2 aliphatic heterocycles. The predicted octanol–water partition coefficient (Wildman–Crippen LogP) is 4.20. The topological polar surface area (TPSA) is 118 Å². The van der Waals surface area contributed by atoms with E-state index in [4.69, 9.17) is 25.8 Å². The van der Waals surface area contributed by atoms with E-state index in [-0.39, 0.29) is 18.3 Å². The van der Waals surface area contributed by atoms with Crippen LogP contribution >= 0.6 is 22.9 Å². The minimum Gasteiger partial charge on any atom is -0.456 e. The molecule has 1 aromatic rings. The van der Waals surface area contributed by atoms with Crippen LogP contribution in [-0.2, 0) is 23.8 Å². The van der Waals surface area contributed by atoms with Crippen molar-refractivity contribution in [2.24, 2.45) is 11.3 Å². The van der Waals surface area contributed by atoms with Crippen molar-refractivity contribution in [3.63, 3.8) is 0 Å². The van der Waals surface area contributed by atoms with Gasteiger partial charge in [0, 0.05) is 24.8 Å².